The van der Waals surface area contributed by atoms with Gasteiger partial charge in [-0.3, -0.25) is 9.69 Å². The number of anilines is 1. The van der Waals surface area contributed by atoms with E-state index in [0.29, 0.717) is 5.92 Å². The number of fused-ring (bicyclic) bond motifs is 2. The summed E-state index contributed by atoms with van der Waals surface area (Å²) in [6.07, 6.45) is 5.96. The predicted octanol–water partition coefficient (Wildman–Crippen LogP) is 4.28. The van der Waals surface area contributed by atoms with Crippen LogP contribution in [0.1, 0.15) is 46.0 Å². The third kappa shape index (κ3) is 3.86. The highest BCUT2D eigenvalue weighted by Crippen LogP contribution is 2.55. The van der Waals surface area contributed by atoms with Gasteiger partial charge in [-0.2, -0.15) is 0 Å². The summed E-state index contributed by atoms with van der Waals surface area (Å²) in [5.74, 6) is 1.34. The normalized spacial score (nSPS) is 33.7. The smallest absolute Gasteiger partial charge is 0.310 e. The Bertz CT molecular complexity index is 873. The van der Waals surface area contributed by atoms with Crippen LogP contribution in [-0.2, 0) is 9.53 Å². The zero-order valence-electron chi connectivity index (χ0n) is 19.2. The van der Waals surface area contributed by atoms with Gasteiger partial charge in [-0.25, -0.2) is 0 Å². The van der Waals surface area contributed by atoms with Crippen LogP contribution in [-0.4, -0.2) is 56.8 Å². The number of ether oxygens (including phenoxy) is 2. The van der Waals surface area contributed by atoms with Crippen LogP contribution in [0.5, 0.6) is 5.75 Å². The van der Waals surface area contributed by atoms with E-state index in [9.17, 15) is 4.79 Å². The predicted molar refractivity (Wildman–Crippen MR) is 122 cm³/mol. The molecule has 1 aromatic rings. The van der Waals surface area contributed by atoms with Gasteiger partial charge in [-0.15, -0.1) is 0 Å². The van der Waals surface area contributed by atoms with Crippen LogP contribution >= 0.6 is 0 Å². The van der Waals surface area contributed by atoms with Gasteiger partial charge in [0.05, 0.1) is 13.0 Å². The average molecular weight is 425 g/mol. The quantitative estimate of drug-likeness (QED) is 0.533. The van der Waals surface area contributed by atoms with E-state index in [-0.39, 0.29) is 23.4 Å². The number of hydrogen-bond acceptors (Lipinski definition) is 5. The summed E-state index contributed by atoms with van der Waals surface area (Å²) in [6, 6.07) is 8.29. The number of allylic oxidation sites excluding steroid dienone is 2. The number of hydrogen-bond donors (Lipinski definition) is 0. The molecule has 1 aromatic carbocycles. The lowest BCUT2D eigenvalue weighted by atomic mass is 9.59. The van der Waals surface area contributed by atoms with Gasteiger partial charge in [0.2, 0.25) is 0 Å². The Balaban J connectivity index is 1.23. The van der Waals surface area contributed by atoms with Crippen molar-refractivity contribution >= 4 is 11.7 Å². The first-order chi connectivity index (χ1) is 15.0. The van der Waals surface area contributed by atoms with Gasteiger partial charge in [0.25, 0.3) is 0 Å². The highest BCUT2D eigenvalue weighted by atomic mass is 16.6. The van der Waals surface area contributed by atoms with Gasteiger partial charge in [0.15, 0.2) is 0 Å². The van der Waals surface area contributed by atoms with Crippen molar-refractivity contribution in [1.29, 1.82) is 0 Å². The maximum absolute atomic E-state index is 12.9. The summed E-state index contributed by atoms with van der Waals surface area (Å²) in [5, 5.41) is 0. The Labute approximate surface area is 186 Å². The molecule has 2 heterocycles. The minimum absolute atomic E-state index is 0.0279. The number of benzene rings is 1. The Morgan fingerprint density at radius 3 is 2.81 bits per heavy atom. The molecule has 0 amide bonds. The summed E-state index contributed by atoms with van der Waals surface area (Å²) in [5.41, 5.74) is 4.69. The zero-order chi connectivity index (χ0) is 21.6. The third-order valence-electron chi connectivity index (χ3n) is 8.43. The van der Waals surface area contributed by atoms with Gasteiger partial charge < -0.3 is 14.4 Å². The number of methoxy groups -OCH3 is 1. The minimum atomic E-state index is 0.0279. The molecule has 5 heteroatoms. The van der Waals surface area contributed by atoms with Crippen molar-refractivity contribution in [2.75, 3.05) is 44.7 Å². The largest absolute Gasteiger partial charge is 0.497 e. The monoisotopic (exact) mass is 424 g/mol. The molecule has 0 N–H and O–H groups in total. The summed E-state index contributed by atoms with van der Waals surface area (Å²) in [6.45, 7) is 9.49. The molecule has 4 aliphatic rings. The highest BCUT2D eigenvalue weighted by molar-refractivity contribution is 5.76. The number of rotatable bonds is 4. The van der Waals surface area contributed by atoms with Crippen LogP contribution in [0.25, 0.3) is 0 Å². The Kier molecular flexibility index (Phi) is 5.49. The second-order valence-corrected chi connectivity index (χ2v) is 10.3. The molecule has 5 nitrogen and oxygen atoms in total. The fraction of sp³-hybridized carbons (Fsp3) is 0.654. The first-order valence-electron chi connectivity index (χ1n) is 12.0. The average Bonchev–Trinajstić information content (AvgIpc) is 3.06. The van der Waals surface area contributed by atoms with E-state index < -0.39 is 0 Å². The van der Waals surface area contributed by atoms with Crippen LogP contribution in [0.4, 0.5) is 5.69 Å². The van der Waals surface area contributed by atoms with Crippen LogP contribution < -0.4 is 9.64 Å². The maximum atomic E-state index is 12.9. The lowest BCUT2D eigenvalue weighted by Gasteiger charge is -2.46. The van der Waals surface area contributed by atoms with E-state index in [4.69, 9.17) is 9.47 Å². The van der Waals surface area contributed by atoms with Crippen molar-refractivity contribution in [2.45, 2.75) is 52.1 Å². The second kappa shape index (κ2) is 8.16. The summed E-state index contributed by atoms with van der Waals surface area (Å²) < 4.78 is 11.4. The lowest BCUT2D eigenvalue weighted by Crippen LogP contribution is -2.49. The SMILES string of the molecule is COc1cccc(N2CCN(C[C@@H]3C(=O)O[C@@H]4C[C@@]5(C)CCCC(C)=C5C[C@@H]34)CC2)c1. The molecule has 3 fully saturated rings. The zero-order valence-corrected chi connectivity index (χ0v) is 19.2. The summed E-state index contributed by atoms with van der Waals surface area (Å²) in [4.78, 5) is 17.8. The van der Waals surface area contributed by atoms with E-state index in [1.165, 1.54) is 24.9 Å². The number of piperazine rings is 1. The van der Waals surface area contributed by atoms with Crippen molar-refractivity contribution in [1.82, 2.24) is 4.90 Å². The molecule has 0 spiro atoms. The first-order valence-corrected chi connectivity index (χ1v) is 12.0. The summed E-state index contributed by atoms with van der Waals surface area (Å²) in [7, 11) is 1.71. The van der Waals surface area contributed by atoms with E-state index in [0.717, 1.165) is 51.3 Å². The number of nitrogens with zero attached hydrogens (tertiary/aromatic N) is 2. The van der Waals surface area contributed by atoms with Gasteiger partial charge >= 0.3 is 5.97 Å². The van der Waals surface area contributed by atoms with Crippen LogP contribution in [0.3, 0.4) is 0 Å². The second-order valence-electron chi connectivity index (χ2n) is 10.3. The Morgan fingerprint density at radius 1 is 1.23 bits per heavy atom. The molecule has 1 saturated carbocycles. The molecule has 4 atom stereocenters. The van der Waals surface area contributed by atoms with Gasteiger partial charge in [0, 0.05) is 50.4 Å². The number of carbonyl (C=O) groups excluding carboxylic acids is 1. The fourth-order valence-corrected chi connectivity index (χ4v) is 6.59. The first kappa shape index (κ1) is 20.9. The maximum Gasteiger partial charge on any atom is 0.310 e. The Hall–Kier alpha value is -2.01. The molecule has 2 saturated heterocycles. The van der Waals surface area contributed by atoms with Gasteiger partial charge in [0.1, 0.15) is 11.9 Å². The molecule has 168 valence electrons. The molecule has 2 aliphatic heterocycles. The molecule has 0 bridgehead atoms. The van der Waals surface area contributed by atoms with E-state index >= 15 is 0 Å². The van der Waals surface area contributed by atoms with Crippen molar-refractivity contribution < 1.29 is 14.3 Å². The summed E-state index contributed by atoms with van der Waals surface area (Å²) >= 11 is 0. The highest BCUT2D eigenvalue weighted by Gasteiger charge is 2.53. The van der Waals surface area contributed by atoms with Crippen molar-refractivity contribution in [3.63, 3.8) is 0 Å². The number of carbonyl (C=O) groups is 1. The molecule has 31 heavy (non-hydrogen) atoms. The molecular weight excluding hydrogens is 388 g/mol. The molecule has 0 unspecified atom stereocenters. The minimum Gasteiger partial charge on any atom is -0.497 e. The Morgan fingerprint density at radius 2 is 2.03 bits per heavy atom. The fourth-order valence-electron chi connectivity index (χ4n) is 6.59. The van der Waals surface area contributed by atoms with Crippen molar-refractivity contribution in [3.05, 3.63) is 35.4 Å². The van der Waals surface area contributed by atoms with E-state index in [1.54, 1.807) is 18.3 Å². The van der Waals surface area contributed by atoms with E-state index in [2.05, 4.69) is 35.8 Å². The molecule has 0 radical (unpaired) electrons. The van der Waals surface area contributed by atoms with E-state index in [1.807, 2.05) is 12.1 Å². The molecular formula is C26H36N2O3. The third-order valence-corrected chi connectivity index (χ3v) is 8.43. The van der Waals surface area contributed by atoms with Crippen LogP contribution in [0.2, 0.25) is 0 Å². The molecule has 2 aliphatic carbocycles. The molecule has 0 aromatic heterocycles. The van der Waals surface area contributed by atoms with Crippen molar-refractivity contribution in [2.24, 2.45) is 17.3 Å². The number of esters is 1. The van der Waals surface area contributed by atoms with Crippen LogP contribution in [0.15, 0.2) is 35.4 Å². The van der Waals surface area contributed by atoms with Gasteiger partial charge in [-0.1, -0.05) is 24.1 Å². The lowest BCUT2D eigenvalue weighted by molar-refractivity contribution is -0.145. The van der Waals surface area contributed by atoms with Crippen LogP contribution in [0, 0.1) is 17.3 Å². The molecule has 5 rings (SSSR count). The standard InChI is InChI=1S/C26H36N2O3/c1-18-6-5-9-26(2)16-24-21(15-23(18)26)22(25(29)31-24)17-27-10-12-28(13-11-27)19-7-4-8-20(14-19)30-3/h4,7-8,14,21-22,24H,5-6,9-13,15-17H2,1-3H3/t21-,22-,24+,26+/m0/s1. The van der Waals surface area contributed by atoms with Gasteiger partial charge in [-0.05, 0) is 56.6 Å². The topological polar surface area (TPSA) is 42.0 Å². The van der Waals surface area contributed by atoms with Crippen molar-refractivity contribution in [3.8, 4) is 5.75 Å².